The SMILES string of the molecule is CC(C)c1cccc(-c2cccc(CC(=O)C3(C)CC3)c2)c1. The third kappa shape index (κ3) is 3.14. The van der Waals surface area contributed by atoms with Crippen molar-refractivity contribution in [3.63, 3.8) is 0 Å². The van der Waals surface area contributed by atoms with Crippen LogP contribution in [0, 0.1) is 5.41 Å². The number of hydrogen-bond acceptors (Lipinski definition) is 1. The van der Waals surface area contributed by atoms with Crippen LogP contribution in [0.2, 0.25) is 0 Å². The van der Waals surface area contributed by atoms with Crippen molar-refractivity contribution in [1.82, 2.24) is 0 Å². The molecule has 2 aromatic rings. The fourth-order valence-electron chi connectivity index (χ4n) is 2.80. The largest absolute Gasteiger partial charge is 0.299 e. The predicted octanol–water partition coefficient (Wildman–Crippen LogP) is 5.39. The van der Waals surface area contributed by atoms with Gasteiger partial charge in [0.1, 0.15) is 5.78 Å². The molecular formula is C21H24O. The van der Waals surface area contributed by atoms with Crippen LogP contribution in [0.4, 0.5) is 0 Å². The molecular weight excluding hydrogens is 268 g/mol. The van der Waals surface area contributed by atoms with E-state index in [1.54, 1.807) is 0 Å². The average molecular weight is 292 g/mol. The molecule has 3 rings (SSSR count). The van der Waals surface area contributed by atoms with E-state index in [9.17, 15) is 4.79 Å². The van der Waals surface area contributed by atoms with E-state index in [4.69, 9.17) is 0 Å². The summed E-state index contributed by atoms with van der Waals surface area (Å²) in [4.78, 5) is 12.3. The van der Waals surface area contributed by atoms with Gasteiger partial charge >= 0.3 is 0 Å². The molecule has 2 aromatic carbocycles. The van der Waals surface area contributed by atoms with Crippen molar-refractivity contribution >= 4 is 5.78 Å². The van der Waals surface area contributed by atoms with Crippen LogP contribution in [-0.4, -0.2) is 5.78 Å². The van der Waals surface area contributed by atoms with Crippen LogP contribution in [0.1, 0.15) is 50.7 Å². The van der Waals surface area contributed by atoms with E-state index in [1.807, 2.05) is 0 Å². The summed E-state index contributed by atoms with van der Waals surface area (Å²) >= 11 is 0. The summed E-state index contributed by atoms with van der Waals surface area (Å²) in [5.41, 5.74) is 4.88. The van der Waals surface area contributed by atoms with Crippen molar-refractivity contribution in [1.29, 1.82) is 0 Å². The molecule has 1 nitrogen and oxygen atoms in total. The summed E-state index contributed by atoms with van der Waals surface area (Å²) in [7, 11) is 0. The third-order valence-corrected chi connectivity index (χ3v) is 4.85. The van der Waals surface area contributed by atoms with Gasteiger partial charge in [0.2, 0.25) is 0 Å². The zero-order valence-corrected chi connectivity index (χ0v) is 13.7. The molecule has 1 saturated carbocycles. The average Bonchev–Trinajstić information content (AvgIpc) is 3.27. The van der Waals surface area contributed by atoms with Gasteiger partial charge in [0, 0.05) is 11.8 Å². The molecule has 0 unspecified atom stereocenters. The molecule has 0 aromatic heterocycles. The maximum atomic E-state index is 12.3. The topological polar surface area (TPSA) is 17.1 Å². The summed E-state index contributed by atoms with van der Waals surface area (Å²) in [6.45, 7) is 6.51. The van der Waals surface area contributed by atoms with Crippen molar-refractivity contribution in [3.8, 4) is 11.1 Å². The smallest absolute Gasteiger partial charge is 0.143 e. The fraction of sp³-hybridized carbons (Fsp3) is 0.381. The number of Topliss-reactive ketones (excluding diaryl/α,β-unsaturated/α-hetero) is 1. The molecule has 0 amide bonds. The quantitative estimate of drug-likeness (QED) is 0.722. The van der Waals surface area contributed by atoms with Gasteiger partial charge in [-0.25, -0.2) is 0 Å². The van der Waals surface area contributed by atoms with Gasteiger partial charge in [-0.05, 0) is 41.0 Å². The van der Waals surface area contributed by atoms with Crippen LogP contribution in [0.25, 0.3) is 11.1 Å². The highest BCUT2D eigenvalue weighted by Gasteiger charge is 2.43. The number of ketones is 1. The van der Waals surface area contributed by atoms with E-state index >= 15 is 0 Å². The second-order valence-electron chi connectivity index (χ2n) is 7.14. The Bertz CT molecular complexity index is 693. The molecule has 114 valence electrons. The molecule has 0 bridgehead atoms. The van der Waals surface area contributed by atoms with E-state index in [2.05, 4.69) is 69.3 Å². The van der Waals surface area contributed by atoms with Gasteiger partial charge in [-0.2, -0.15) is 0 Å². The number of carbonyl (C=O) groups is 1. The van der Waals surface area contributed by atoms with Gasteiger partial charge in [-0.3, -0.25) is 4.79 Å². The molecule has 0 atom stereocenters. The van der Waals surface area contributed by atoms with E-state index in [1.165, 1.54) is 16.7 Å². The maximum absolute atomic E-state index is 12.3. The number of hydrogen-bond donors (Lipinski definition) is 0. The Morgan fingerprint density at radius 2 is 1.68 bits per heavy atom. The Balaban J connectivity index is 1.84. The summed E-state index contributed by atoms with van der Waals surface area (Å²) in [5.74, 6) is 0.917. The van der Waals surface area contributed by atoms with Gasteiger partial charge in [0.25, 0.3) is 0 Å². The predicted molar refractivity (Wildman–Crippen MR) is 92.0 cm³/mol. The molecule has 0 saturated heterocycles. The van der Waals surface area contributed by atoms with Crippen molar-refractivity contribution in [3.05, 3.63) is 59.7 Å². The third-order valence-electron chi connectivity index (χ3n) is 4.85. The van der Waals surface area contributed by atoms with Crippen LogP contribution < -0.4 is 0 Å². The lowest BCUT2D eigenvalue weighted by molar-refractivity contribution is -0.122. The van der Waals surface area contributed by atoms with Crippen molar-refractivity contribution in [2.45, 2.75) is 46.0 Å². The highest BCUT2D eigenvalue weighted by atomic mass is 16.1. The van der Waals surface area contributed by atoms with Crippen LogP contribution in [0.5, 0.6) is 0 Å². The van der Waals surface area contributed by atoms with E-state index < -0.39 is 0 Å². The monoisotopic (exact) mass is 292 g/mol. The molecule has 0 N–H and O–H groups in total. The maximum Gasteiger partial charge on any atom is 0.143 e. The normalized spacial score (nSPS) is 15.8. The molecule has 0 radical (unpaired) electrons. The molecule has 1 aliphatic rings. The first-order chi connectivity index (χ1) is 10.5. The van der Waals surface area contributed by atoms with Crippen molar-refractivity contribution in [2.75, 3.05) is 0 Å². The number of benzene rings is 2. The highest BCUT2D eigenvalue weighted by Crippen LogP contribution is 2.46. The van der Waals surface area contributed by atoms with Crippen LogP contribution in [-0.2, 0) is 11.2 Å². The summed E-state index contributed by atoms with van der Waals surface area (Å²) < 4.78 is 0. The highest BCUT2D eigenvalue weighted by molar-refractivity contribution is 5.89. The standard InChI is InChI=1S/C21H24O/c1-15(2)17-7-5-9-19(14-17)18-8-4-6-16(12-18)13-20(22)21(3)10-11-21/h4-9,12,14-15H,10-11,13H2,1-3H3. The Morgan fingerprint density at radius 1 is 1.05 bits per heavy atom. The molecule has 1 aliphatic carbocycles. The molecule has 0 spiro atoms. The number of carbonyl (C=O) groups excluding carboxylic acids is 1. The van der Waals surface area contributed by atoms with Crippen LogP contribution >= 0.6 is 0 Å². The fourth-order valence-corrected chi connectivity index (χ4v) is 2.80. The first-order valence-corrected chi connectivity index (χ1v) is 8.20. The van der Waals surface area contributed by atoms with Gasteiger partial charge in [0.05, 0.1) is 0 Å². The zero-order chi connectivity index (χ0) is 15.7. The molecule has 1 heteroatoms. The molecule has 0 aliphatic heterocycles. The first-order valence-electron chi connectivity index (χ1n) is 8.20. The van der Waals surface area contributed by atoms with Crippen molar-refractivity contribution in [2.24, 2.45) is 5.41 Å². The van der Waals surface area contributed by atoms with Gasteiger partial charge < -0.3 is 0 Å². The lowest BCUT2D eigenvalue weighted by Crippen LogP contribution is -2.14. The molecule has 0 heterocycles. The first kappa shape index (κ1) is 15.0. The molecule has 1 fully saturated rings. The lowest BCUT2D eigenvalue weighted by Gasteiger charge is -2.11. The second-order valence-corrected chi connectivity index (χ2v) is 7.14. The Labute approximate surface area is 133 Å². The summed E-state index contributed by atoms with van der Waals surface area (Å²) in [5, 5.41) is 0. The van der Waals surface area contributed by atoms with E-state index in [0.29, 0.717) is 18.1 Å². The summed E-state index contributed by atoms with van der Waals surface area (Å²) in [6, 6.07) is 17.1. The lowest BCUT2D eigenvalue weighted by atomic mass is 9.93. The number of rotatable bonds is 5. The minimum absolute atomic E-state index is 0.0342. The van der Waals surface area contributed by atoms with Gasteiger partial charge in [-0.15, -0.1) is 0 Å². The van der Waals surface area contributed by atoms with Crippen molar-refractivity contribution < 1.29 is 4.79 Å². The minimum atomic E-state index is -0.0342. The summed E-state index contributed by atoms with van der Waals surface area (Å²) in [6.07, 6.45) is 2.68. The Hall–Kier alpha value is -1.89. The zero-order valence-electron chi connectivity index (χ0n) is 13.7. The Kier molecular flexibility index (Phi) is 3.90. The Morgan fingerprint density at radius 3 is 2.32 bits per heavy atom. The molecule has 22 heavy (non-hydrogen) atoms. The van der Waals surface area contributed by atoms with E-state index in [-0.39, 0.29) is 5.41 Å². The second kappa shape index (κ2) is 5.72. The van der Waals surface area contributed by atoms with Crippen LogP contribution in [0.3, 0.4) is 0 Å². The van der Waals surface area contributed by atoms with Crippen LogP contribution in [0.15, 0.2) is 48.5 Å². The van der Waals surface area contributed by atoms with Gasteiger partial charge in [-0.1, -0.05) is 69.3 Å². The van der Waals surface area contributed by atoms with E-state index in [0.717, 1.165) is 18.4 Å². The van der Waals surface area contributed by atoms with Gasteiger partial charge in [0.15, 0.2) is 0 Å². The minimum Gasteiger partial charge on any atom is -0.299 e.